The Bertz CT molecular complexity index is 433. The summed E-state index contributed by atoms with van der Waals surface area (Å²) in [5.41, 5.74) is 1.24. The maximum absolute atomic E-state index is 6.05. The Morgan fingerprint density at radius 2 is 2.10 bits per heavy atom. The number of nitrogens with zero attached hydrogens (tertiary/aromatic N) is 1. The fraction of sp³-hybridized carbons (Fsp3) is 0.647. The van der Waals surface area contributed by atoms with Gasteiger partial charge in [0.05, 0.1) is 0 Å². The molecule has 0 saturated carbocycles. The zero-order chi connectivity index (χ0) is 15.1. The minimum atomic E-state index is 0.309. The lowest BCUT2D eigenvalue weighted by molar-refractivity contribution is 0.235. The molecular weight excluding hydrogens is 328 g/mol. The van der Waals surface area contributed by atoms with Crippen molar-refractivity contribution in [2.24, 2.45) is 0 Å². The fourth-order valence-corrected chi connectivity index (χ4v) is 3.13. The normalized spacial score (nSPS) is 17.1. The van der Waals surface area contributed by atoms with Crippen molar-refractivity contribution >= 4 is 15.9 Å². The fourth-order valence-electron chi connectivity index (χ4n) is 2.75. The highest BCUT2D eigenvalue weighted by molar-refractivity contribution is 9.10. The molecule has 0 spiro atoms. The molecule has 1 aromatic rings. The molecule has 1 aromatic carbocycles. The minimum Gasteiger partial charge on any atom is -0.492 e. The predicted octanol–water partition coefficient (Wildman–Crippen LogP) is 3.98. The lowest BCUT2D eigenvalue weighted by Gasteiger charge is -2.20. The van der Waals surface area contributed by atoms with Crippen LogP contribution in [0.25, 0.3) is 0 Å². The van der Waals surface area contributed by atoms with Gasteiger partial charge in [0.1, 0.15) is 12.4 Å². The molecule has 1 N–H and O–H groups in total. The van der Waals surface area contributed by atoms with Crippen LogP contribution in [0.1, 0.15) is 44.7 Å². The average molecular weight is 355 g/mol. The van der Waals surface area contributed by atoms with Gasteiger partial charge in [0, 0.05) is 22.6 Å². The van der Waals surface area contributed by atoms with Crippen molar-refractivity contribution < 1.29 is 4.74 Å². The van der Waals surface area contributed by atoms with Crippen LogP contribution in [0.4, 0.5) is 0 Å². The highest BCUT2D eigenvalue weighted by atomic mass is 79.9. The summed E-state index contributed by atoms with van der Waals surface area (Å²) in [5, 5.41) is 3.54. The summed E-state index contributed by atoms with van der Waals surface area (Å²) < 4.78 is 7.16. The Balaban J connectivity index is 1.93. The van der Waals surface area contributed by atoms with E-state index in [2.05, 4.69) is 58.2 Å². The summed E-state index contributed by atoms with van der Waals surface area (Å²) in [5.74, 6) is 1.01. The number of rotatable bonds is 8. The standard InChI is InChI=1S/C17H27BrN2O/c1-3-8-19-14(2)16-13-15(18)6-7-17(16)21-12-11-20-9-4-5-10-20/h6-7,13-14,19H,3-5,8-12H2,1-2H3. The Morgan fingerprint density at radius 1 is 1.33 bits per heavy atom. The van der Waals surface area contributed by atoms with Crippen molar-refractivity contribution in [2.75, 3.05) is 32.8 Å². The SMILES string of the molecule is CCCNC(C)c1cc(Br)ccc1OCCN1CCCC1. The van der Waals surface area contributed by atoms with E-state index >= 15 is 0 Å². The second-order valence-corrected chi connectivity index (χ2v) is 6.67. The van der Waals surface area contributed by atoms with Crippen LogP contribution in [0, 0.1) is 0 Å². The second kappa shape index (κ2) is 8.76. The van der Waals surface area contributed by atoms with Gasteiger partial charge in [-0.1, -0.05) is 22.9 Å². The van der Waals surface area contributed by atoms with Crippen LogP contribution >= 0.6 is 15.9 Å². The molecule has 0 aliphatic carbocycles. The first-order chi connectivity index (χ1) is 10.2. The summed E-state index contributed by atoms with van der Waals surface area (Å²) in [6, 6.07) is 6.61. The van der Waals surface area contributed by atoms with Crippen molar-refractivity contribution in [3.63, 3.8) is 0 Å². The van der Waals surface area contributed by atoms with Gasteiger partial charge in [0.2, 0.25) is 0 Å². The third kappa shape index (κ3) is 5.28. The molecule has 1 atom stereocenters. The summed E-state index contributed by atoms with van der Waals surface area (Å²) in [7, 11) is 0. The van der Waals surface area contributed by atoms with Crippen LogP contribution in [0.3, 0.4) is 0 Å². The number of benzene rings is 1. The Kier molecular flexibility index (Phi) is 7.00. The van der Waals surface area contributed by atoms with Crippen molar-refractivity contribution in [1.29, 1.82) is 0 Å². The molecule has 1 saturated heterocycles. The van der Waals surface area contributed by atoms with E-state index < -0.39 is 0 Å². The van der Waals surface area contributed by atoms with Gasteiger partial charge in [-0.3, -0.25) is 4.90 Å². The molecule has 4 heteroatoms. The molecule has 1 fully saturated rings. The van der Waals surface area contributed by atoms with Crippen molar-refractivity contribution in [1.82, 2.24) is 10.2 Å². The Labute approximate surface area is 137 Å². The number of likely N-dealkylation sites (tertiary alicyclic amines) is 1. The summed E-state index contributed by atoms with van der Waals surface area (Å²) >= 11 is 3.56. The number of halogens is 1. The molecule has 1 unspecified atom stereocenters. The first-order valence-corrected chi connectivity index (χ1v) is 8.88. The highest BCUT2D eigenvalue weighted by Gasteiger charge is 2.14. The van der Waals surface area contributed by atoms with E-state index in [1.165, 1.54) is 31.5 Å². The molecule has 118 valence electrons. The topological polar surface area (TPSA) is 24.5 Å². The number of hydrogen-bond acceptors (Lipinski definition) is 3. The molecule has 0 radical (unpaired) electrons. The maximum Gasteiger partial charge on any atom is 0.124 e. The van der Waals surface area contributed by atoms with Gasteiger partial charge < -0.3 is 10.1 Å². The third-order valence-corrected chi connectivity index (χ3v) is 4.50. The van der Waals surface area contributed by atoms with E-state index in [-0.39, 0.29) is 0 Å². The van der Waals surface area contributed by atoms with Crippen molar-refractivity contribution in [3.8, 4) is 5.75 Å². The van der Waals surface area contributed by atoms with Gasteiger partial charge in [-0.25, -0.2) is 0 Å². The van der Waals surface area contributed by atoms with Crippen LogP contribution < -0.4 is 10.1 Å². The average Bonchev–Trinajstić information content (AvgIpc) is 2.99. The van der Waals surface area contributed by atoms with Gasteiger partial charge in [0.25, 0.3) is 0 Å². The van der Waals surface area contributed by atoms with Crippen LogP contribution in [-0.4, -0.2) is 37.7 Å². The zero-order valence-electron chi connectivity index (χ0n) is 13.2. The summed E-state index contributed by atoms with van der Waals surface area (Å²) in [6.45, 7) is 9.68. The smallest absolute Gasteiger partial charge is 0.124 e. The number of ether oxygens (including phenoxy) is 1. The van der Waals surface area contributed by atoms with Crippen LogP contribution in [0.2, 0.25) is 0 Å². The quantitative estimate of drug-likeness (QED) is 0.763. The monoisotopic (exact) mass is 354 g/mol. The van der Waals surface area contributed by atoms with Gasteiger partial charge in [-0.15, -0.1) is 0 Å². The molecule has 2 rings (SSSR count). The summed E-state index contributed by atoms with van der Waals surface area (Å²) in [6.07, 6.45) is 3.81. The predicted molar refractivity (Wildman–Crippen MR) is 92.0 cm³/mol. The van der Waals surface area contributed by atoms with Crippen LogP contribution in [0.5, 0.6) is 5.75 Å². The second-order valence-electron chi connectivity index (χ2n) is 5.76. The molecule has 0 bridgehead atoms. The highest BCUT2D eigenvalue weighted by Crippen LogP contribution is 2.28. The molecule has 1 heterocycles. The molecule has 1 aliphatic rings. The van der Waals surface area contributed by atoms with Crippen LogP contribution in [0.15, 0.2) is 22.7 Å². The maximum atomic E-state index is 6.05. The third-order valence-electron chi connectivity index (χ3n) is 4.00. The first kappa shape index (κ1) is 16.8. The molecular formula is C17H27BrN2O. The van der Waals surface area contributed by atoms with Crippen molar-refractivity contribution in [2.45, 2.75) is 39.2 Å². The Hall–Kier alpha value is -0.580. The lowest BCUT2D eigenvalue weighted by Crippen LogP contribution is -2.25. The van der Waals surface area contributed by atoms with E-state index in [9.17, 15) is 0 Å². The Morgan fingerprint density at radius 3 is 2.81 bits per heavy atom. The number of hydrogen-bond donors (Lipinski definition) is 1. The molecule has 0 amide bonds. The molecule has 21 heavy (non-hydrogen) atoms. The minimum absolute atomic E-state index is 0.309. The number of nitrogens with one attached hydrogen (secondary N) is 1. The van der Waals surface area contributed by atoms with E-state index in [0.717, 1.165) is 36.3 Å². The first-order valence-electron chi connectivity index (χ1n) is 8.08. The lowest BCUT2D eigenvalue weighted by atomic mass is 10.1. The van der Waals surface area contributed by atoms with Gasteiger partial charge >= 0.3 is 0 Å². The largest absolute Gasteiger partial charge is 0.492 e. The van der Waals surface area contributed by atoms with E-state index in [0.29, 0.717) is 6.04 Å². The van der Waals surface area contributed by atoms with Gasteiger partial charge in [-0.2, -0.15) is 0 Å². The van der Waals surface area contributed by atoms with Crippen molar-refractivity contribution in [3.05, 3.63) is 28.2 Å². The van der Waals surface area contributed by atoms with E-state index in [1.54, 1.807) is 0 Å². The van der Waals surface area contributed by atoms with Crippen LogP contribution in [-0.2, 0) is 0 Å². The van der Waals surface area contributed by atoms with Gasteiger partial charge in [0.15, 0.2) is 0 Å². The van der Waals surface area contributed by atoms with Gasteiger partial charge in [-0.05, 0) is 64.0 Å². The molecule has 3 nitrogen and oxygen atoms in total. The zero-order valence-corrected chi connectivity index (χ0v) is 14.8. The van der Waals surface area contributed by atoms with E-state index in [1.807, 2.05) is 0 Å². The summed E-state index contributed by atoms with van der Waals surface area (Å²) in [4.78, 5) is 2.48. The molecule has 0 aromatic heterocycles. The molecule has 1 aliphatic heterocycles. The van der Waals surface area contributed by atoms with E-state index in [4.69, 9.17) is 4.74 Å².